The van der Waals surface area contributed by atoms with Gasteiger partial charge >= 0.3 is 19.8 Å². The van der Waals surface area contributed by atoms with Crippen molar-refractivity contribution in [1.29, 1.82) is 0 Å². The number of phosphoric ester groups is 1. The standard InChI is InChI=1S/C61H120NO8P/c1-3-5-7-9-11-13-15-17-19-21-23-25-27-28-29-30-32-33-35-37-39-41-43-45-47-49-51-53-60(63)67-57-59(58-69-71(65,66)68-56-55-62)70-61(64)54-52-50-48-46-44-42-40-38-36-34-31-26-24-22-20-18-16-14-12-10-8-6-4-2/h22,24,59H,3-21,23,25-58,62H2,1-2H3,(H,65,66)/b24-22-. The molecule has 0 aliphatic rings. The molecule has 422 valence electrons. The molecule has 0 heterocycles. The number of hydrogen-bond acceptors (Lipinski definition) is 8. The molecule has 0 spiro atoms. The van der Waals surface area contributed by atoms with Crippen molar-refractivity contribution in [2.24, 2.45) is 5.73 Å². The molecule has 0 fully saturated rings. The van der Waals surface area contributed by atoms with Gasteiger partial charge in [-0.15, -0.1) is 0 Å². The molecular weight excluding hydrogens is 906 g/mol. The van der Waals surface area contributed by atoms with Gasteiger partial charge in [-0.1, -0.05) is 296 Å². The number of allylic oxidation sites excluding steroid dienone is 2. The Bertz CT molecular complexity index is 1170. The smallest absolute Gasteiger partial charge is 0.462 e. The predicted octanol–water partition coefficient (Wildman–Crippen LogP) is 19.6. The van der Waals surface area contributed by atoms with Gasteiger partial charge in [-0.05, 0) is 38.5 Å². The van der Waals surface area contributed by atoms with E-state index >= 15 is 0 Å². The van der Waals surface area contributed by atoms with Crippen LogP contribution in [0.15, 0.2) is 12.2 Å². The molecular formula is C61H120NO8P. The maximum atomic E-state index is 12.7. The van der Waals surface area contributed by atoms with Gasteiger partial charge in [0, 0.05) is 19.4 Å². The quantitative estimate of drug-likeness (QED) is 0.0264. The van der Waals surface area contributed by atoms with Crippen molar-refractivity contribution >= 4 is 19.8 Å². The monoisotopic (exact) mass is 1030 g/mol. The van der Waals surface area contributed by atoms with Gasteiger partial charge < -0.3 is 20.1 Å². The summed E-state index contributed by atoms with van der Waals surface area (Å²) in [5, 5.41) is 0. The van der Waals surface area contributed by atoms with Gasteiger partial charge in [0.2, 0.25) is 0 Å². The van der Waals surface area contributed by atoms with E-state index in [1.165, 1.54) is 270 Å². The lowest BCUT2D eigenvalue weighted by Gasteiger charge is -2.19. The molecule has 0 aliphatic carbocycles. The molecule has 0 amide bonds. The van der Waals surface area contributed by atoms with E-state index in [-0.39, 0.29) is 38.6 Å². The van der Waals surface area contributed by atoms with Gasteiger partial charge in [0.15, 0.2) is 6.10 Å². The molecule has 0 aromatic rings. The van der Waals surface area contributed by atoms with Crippen LogP contribution in [0.2, 0.25) is 0 Å². The molecule has 0 aliphatic heterocycles. The van der Waals surface area contributed by atoms with E-state index in [0.717, 1.165) is 32.1 Å². The van der Waals surface area contributed by atoms with Gasteiger partial charge in [-0.2, -0.15) is 0 Å². The second-order valence-electron chi connectivity index (χ2n) is 21.3. The zero-order valence-electron chi connectivity index (χ0n) is 47.2. The molecule has 0 aromatic heterocycles. The van der Waals surface area contributed by atoms with Gasteiger partial charge in [0.05, 0.1) is 13.2 Å². The lowest BCUT2D eigenvalue weighted by Crippen LogP contribution is -2.29. The first-order valence-electron chi connectivity index (χ1n) is 31.2. The maximum absolute atomic E-state index is 12.7. The highest BCUT2D eigenvalue weighted by molar-refractivity contribution is 7.47. The fourth-order valence-corrected chi connectivity index (χ4v) is 10.3. The Morgan fingerprint density at radius 1 is 0.408 bits per heavy atom. The van der Waals surface area contributed by atoms with Crippen LogP contribution < -0.4 is 5.73 Å². The van der Waals surface area contributed by atoms with Gasteiger partial charge in [-0.3, -0.25) is 18.6 Å². The lowest BCUT2D eigenvalue weighted by atomic mass is 10.0. The molecule has 71 heavy (non-hydrogen) atoms. The second-order valence-corrected chi connectivity index (χ2v) is 22.7. The SMILES string of the molecule is CCCCCCCCCC/C=C\CCCCCCCCCCCCCC(=O)OC(COC(=O)CCCCCCCCCCCCCCCCCCCCCCCCCCCCC)COP(=O)(O)OCCN. The molecule has 10 heteroatoms. The third kappa shape index (κ3) is 57.9. The van der Waals surface area contributed by atoms with E-state index in [0.29, 0.717) is 6.42 Å². The van der Waals surface area contributed by atoms with E-state index < -0.39 is 26.5 Å². The second kappa shape index (κ2) is 58.0. The first kappa shape index (κ1) is 69.8. The summed E-state index contributed by atoms with van der Waals surface area (Å²) in [7, 11) is -4.38. The predicted molar refractivity (Wildman–Crippen MR) is 303 cm³/mol. The zero-order valence-corrected chi connectivity index (χ0v) is 48.1. The summed E-state index contributed by atoms with van der Waals surface area (Å²) in [6.07, 6.45) is 67.1. The van der Waals surface area contributed by atoms with Gasteiger partial charge in [0.25, 0.3) is 0 Å². The maximum Gasteiger partial charge on any atom is 0.472 e. The van der Waals surface area contributed by atoms with Crippen LogP contribution in [-0.2, 0) is 32.7 Å². The third-order valence-electron chi connectivity index (χ3n) is 14.2. The summed E-state index contributed by atoms with van der Waals surface area (Å²) in [6, 6.07) is 0. The minimum absolute atomic E-state index is 0.0569. The van der Waals surface area contributed by atoms with E-state index in [2.05, 4.69) is 26.0 Å². The Labute approximate surface area is 440 Å². The number of esters is 2. The highest BCUT2D eigenvalue weighted by Gasteiger charge is 2.26. The van der Waals surface area contributed by atoms with Crippen molar-refractivity contribution < 1.29 is 37.6 Å². The van der Waals surface area contributed by atoms with Crippen LogP contribution in [0.3, 0.4) is 0 Å². The summed E-state index contributed by atoms with van der Waals surface area (Å²) < 4.78 is 33.1. The number of phosphoric acid groups is 1. The van der Waals surface area contributed by atoms with Crippen molar-refractivity contribution in [3.63, 3.8) is 0 Å². The topological polar surface area (TPSA) is 134 Å². The number of rotatable bonds is 60. The number of nitrogens with two attached hydrogens (primary N) is 1. The number of carbonyl (C=O) groups is 2. The summed E-state index contributed by atoms with van der Waals surface area (Å²) in [5.74, 6) is -0.806. The molecule has 3 N–H and O–H groups in total. The van der Waals surface area contributed by atoms with E-state index in [1.807, 2.05) is 0 Å². The van der Waals surface area contributed by atoms with E-state index in [9.17, 15) is 19.0 Å². The van der Waals surface area contributed by atoms with Crippen molar-refractivity contribution in [3.05, 3.63) is 12.2 Å². The van der Waals surface area contributed by atoms with Gasteiger partial charge in [-0.25, -0.2) is 4.57 Å². The van der Waals surface area contributed by atoms with Gasteiger partial charge in [0.1, 0.15) is 6.61 Å². The number of unbranched alkanes of at least 4 members (excludes halogenated alkanes) is 45. The van der Waals surface area contributed by atoms with Crippen molar-refractivity contribution in [1.82, 2.24) is 0 Å². The highest BCUT2D eigenvalue weighted by atomic mass is 31.2. The van der Waals surface area contributed by atoms with Crippen LogP contribution >= 0.6 is 7.82 Å². The Morgan fingerprint density at radius 3 is 1.00 bits per heavy atom. The highest BCUT2D eigenvalue weighted by Crippen LogP contribution is 2.43. The number of hydrogen-bond donors (Lipinski definition) is 2. The van der Waals surface area contributed by atoms with E-state index in [4.69, 9.17) is 24.3 Å². The summed E-state index contributed by atoms with van der Waals surface area (Å²) >= 11 is 0. The minimum atomic E-state index is -4.38. The number of carbonyl (C=O) groups excluding carboxylic acids is 2. The van der Waals surface area contributed by atoms with Crippen LogP contribution in [0.25, 0.3) is 0 Å². The summed E-state index contributed by atoms with van der Waals surface area (Å²) in [5.41, 5.74) is 5.39. The molecule has 0 saturated carbocycles. The number of ether oxygens (including phenoxy) is 2. The average Bonchev–Trinajstić information content (AvgIpc) is 3.36. The van der Waals surface area contributed by atoms with Crippen molar-refractivity contribution in [3.8, 4) is 0 Å². The van der Waals surface area contributed by atoms with E-state index in [1.54, 1.807) is 0 Å². The van der Waals surface area contributed by atoms with Crippen molar-refractivity contribution in [2.45, 2.75) is 341 Å². The average molecular weight is 1030 g/mol. The molecule has 2 atom stereocenters. The van der Waals surface area contributed by atoms with Crippen LogP contribution in [0, 0.1) is 0 Å². The Morgan fingerprint density at radius 2 is 0.690 bits per heavy atom. The van der Waals surface area contributed by atoms with Crippen molar-refractivity contribution in [2.75, 3.05) is 26.4 Å². The lowest BCUT2D eigenvalue weighted by molar-refractivity contribution is -0.161. The summed E-state index contributed by atoms with van der Waals surface area (Å²) in [4.78, 5) is 35.2. The Kier molecular flexibility index (Phi) is 57.0. The molecule has 0 bridgehead atoms. The summed E-state index contributed by atoms with van der Waals surface area (Å²) in [6.45, 7) is 3.82. The molecule has 0 aromatic carbocycles. The van der Waals surface area contributed by atoms with Crippen LogP contribution in [0.5, 0.6) is 0 Å². The van der Waals surface area contributed by atoms with Crippen LogP contribution in [0.1, 0.15) is 335 Å². The van der Waals surface area contributed by atoms with Crippen LogP contribution in [0.4, 0.5) is 0 Å². The molecule has 0 rings (SSSR count). The minimum Gasteiger partial charge on any atom is -0.462 e. The fraction of sp³-hybridized carbons (Fsp3) is 0.934. The molecule has 2 unspecified atom stereocenters. The van der Waals surface area contributed by atoms with Crippen LogP contribution in [-0.4, -0.2) is 49.3 Å². The largest absolute Gasteiger partial charge is 0.472 e. The third-order valence-corrected chi connectivity index (χ3v) is 15.1. The molecule has 0 radical (unpaired) electrons. The zero-order chi connectivity index (χ0) is 51.7. The first-order valence-corrected chi connectivity index (χ1v) is 32.7. The normalized spacial score (nSPS) is 13.0. The Balaban J connectivity index is 3.88. The molecule has 0 saturated heterocycles. The first-order chi connectivity index (χ1) is 34.8. The molecule has 9 nitrogen and oxygen atoms in total. The fourth-order valence-electron chi connectivity index (χ4n) is 9.52. The Hall–Kier alpha value is -1.25.